The van der Waals surface area contributed by atoms with Gasteiger partial charge in [0.05, 0.1) is 12.1 Å². The highest BCUT2D eigenvalue weighted by molar-refractivity contribution is 5.91. The lowest BCUT2D eigenvalue weighted by atomic mass is 10.0. The predicted molar refractivity (Wildman–Crippen MR) is 84.9 cm³/mol. The Morgan fingerprint density at radius 2 is 1.62 bits per heavy atom. The van der Waals surface area contributed by atoms with Crippen molar-refractivity contribution in [1.29, 1.82) is 0 Å². The first kappa shape index (κ1) is 17.4. The Morgan fingerprint density at radius 3 is 2.10 bits per heavy atom. The van der Waals surface area contributed by atoms with Crippen LogP contribution in [0.25, 0.3) is 0 Å². The number of amides is 1. The molecule has 0 aromatic heterocycles. The van der Waals surface area contributed by atoms with E-state index in [1.54, 1.807) is 6.92 Å². The molecule has 0 spiro atoms. The van der Waals surface area contributed by atoms with Crippen LogP contribution >= 0.6 is 0 Å². The normalized spacial score (nSPS) is 13.8. The Labute approximate surface area is 127 Å². The van der Waals surface area contributed by atoms with E-state index >= 15 is 0 Å². The monoisotopic (exact) mass is 290 g/mol. The van der Waals surface area contributed by atoms with E-state index in [1.165, 1.54) is 5.56 Å². The number of benzene rings is 1. The number of aryl methyl sites for hydroxylation is 1. The van der Waals surface area contributed by atoms with Crippen molar-refractivity contribution in [2.24, 2.45) is 11.7 Å². The quantitative estimate of drug-likeness (QED) is 0.805. The second-order valence-electron chi connectivity index (χ2n) is 5.81. The minimum absolute atomic E-state index is 0.0106. The lowest BCUT2D eigenvalue weighted by Crippen LogP contribution is -2.49. The van der Waals surface area contributed by atoms with Gasteiger partial charge in [-0.2, -0.15) is 0 Å². The summed E-state index contributed by atoms with van der Waals surface area (Å²) in [5, 5.41) is 2.69. The molecule has 0 aliphatic rings. The summed E-state index contributed by atoms with van der Waals surface area (Å²) >= 11 is 0. The van der Waals surface area contributed by atoms with Gasteiger partial charge in [0, 0.05) is 6.42 Å². The fraction of sp³-hybridized carbons (Fsp3) is 0.529. The van der Waals surface area contributed by atoms with Crippen LogP contribution in [-0.4, -0.2) is 23.8 Å². The smallest absolute Gasteiger partial charge is 0.237 e. The van der Waals surface area contributed by atoms with Crippen molar-refractivity contribution in [3.63, 3.8) is 0 Å². The summed E-state index contributed by atoms with van der Waals surface area (Å²) in [6.45, 7) is 7.56. The van der Waals surface area contributed by atoms with E-state index in [9.17, 15) is 9.59 Å². The fourth-order valence-corrected chi connectivity index (χ4v) is 1.94. The highest BCUT2D eigenvalue weighted by atomic mass is 16.2. The topological polar surface area (TPSA) is 72.2 Å². The lowest BCUT2D eigenvalue weighted by molar-refractivity contribution is -0.128. The predicted octanol–water partition coefficient (Wildman–Crippen LogP) is 1.85. The second-order valence-corrected chi connectivity index (χ2v) is 5.81. The highest BCUT2D eigenvalue weighted by Gasteiger charge is 2.21. The van der Waals surface area contributed by atoms with E-state index < -0.39 is 12.1 Å². The van der Waals surface area contributed by atoms with Crippen LogP contribution in [0, 0.1) is 5.92 Å². The SMILES string of the molecule is CCc1ccc(CC(=O)[C@H](C)NC(=O)[C@@H](N)C(C)C)cc1. The molecule has 3 N–H and O–H groups in total. The Bertz CT molecular complexity index is 480. The average Bonchev–Trinajstić information content (AvgIpc) is 2.46. The molecule has 21 heavy (non-hydrogen) atoms. The number of Topliss-reactive ketones (excluding diaryl/α,β-unsaturated/α-hetero) is 1. The first-order chi connectivity index (χ1) is 9.85. The fourth-order valence-electron chi connectivity index (χ4n) is 1.94. The van der Waals surface area contributed by atoms with Crippen LogP contribution in [0.15, 0.2) is 24.3 Å². The van der Waals surface area contributed by atoms with Crippen LogP contribution < -0.4 is 11.1 Å². The molecule has 4 heteroatoms. The van der Waals surface area contributed by atoms with Gasteiger partial charge >= 0.3 is 0 Å². The summed E-state index contributed by atoms with van der Waals surface area (Å²) < 4.78 is 0. The summed E-state index contributed by atoms with van der Waals surface area (Å²) in [4.78, 5) is 24.0. The Kier molecular flexibility index (Phi) is 6.56. The number of hydrogen-bond acceptors (Lipinski definition) is 3. The average molecular weight is 290 g/mol. The molecule has 1 aromatic rings. The third-order valence-electron chi connectivity index (χ3n) is 3.67. The number of ketones is 1. The largest absolute Gasteiger partial charge is 0.345 e. The Balaban J connectivity index is 2.56. The molecule has 1 amide bonds. The van der Waals surface area contributed by atoms with Crippen molar-refractivity contribution >= 4 is 11.7 Å². The molecular weight excluding hydrogens is 264 g/mol. The zero-order chi connectivity index (χ0) is 16.0. The van der Waals surface area contributed by atoms with Gasteiger partial charge in [-0.3, -0.25) is 9.59 Å². The van der Waals surface area contributed by atoms with Gasteiger partial charge in [0.15, 0.2) is 5.78 Å². The van der Waals surface area contributed by atoms with Crippen LogP contribution in [0.2, 0.25) is 0 Å². The standard InChI is InChI=1S/C17H26N2O2/c1-5-13-6-8-14(9-7-13)10-15(20)12(4)19-17(21)16(18)11(2)3/h6-9,11-12,16H,5,10,18H2,1-4H3,(H,19,21)/t12-,16-/m0/s1. The van der Waals surface area contributed by atoms with Gasteiger partial charge in [-0.15, -0.1) is 0 Å². The third kappa shape index (κ3) is 5.31. The van der Waals surface area contributed by atoms with E-state index in [1.807, 2.05) is 38.1 Å². The molecule has 0 aliphatic heterocycles. The maximum absolute atomic E-state index is 12.1. The van der Waals surface area contributed by atoms with E-state index in [0.717, 1.165) is 12.0 Å². The van der Waals surface area contributed by atoms with Crippen LogP contribution in [0.5, 0.6) is 0 Å². The van der Waals surface area contributed by atoms with Gasteiger partial charge in [-0.05, 0) is 30.4 Å². The van der Waals surface area contributed by atoms with Gasteiger partial charge in [0.25, 0.3) is 0 Å². The molecule has 4 nitrogen and oxygen atoms in total. The first-order valence-corrected chi connectivity index (χ1v) is 7.51. The molecule has 0 fully saturated rings. The zero-order valence-electron chi connectivity index (χ0n) is 13.3. The molecule has 0 saturated carbocycles. The number of rotatable bonds is 7. The highest BCUT2D eigenvalue weighted by Crippen LogP contribution is 2.07. The van der Waals surface area contributed by atoms with Crippen molar-refractivity contribution in [2.45, 2.75) is 52.6 Å². The van der Waals surface area contributed by atoms with Crippen molar-refractivity contribution in [3.05, 3.63) is 35.4 Å². The van der Waals surface area contributed by atoms with Gasteiger partial charge in [0.2, 0.25) is 5.91 Å². The molecule has 0 heterocycles. The minimum Gasteiger partial charge on any atom is -0.345 e. The lowest BCUT2D eigenvalue weighted by Gasteiger charge is -2.19. The molecule has 1 rings (SSSR count). The second kappa shape index (κ2) is 7.93. The summed E-state index contributed by atoms with van der Waals surface area (Å²) in [7, 11) is 0. The van der Waals surface area contributed by atoms with Crippen molar-refractivity contribution in [3.8, 4) is 0 Å². The molecule has 0 unspecified atom stereocenters. The van der Waals surface area contributed by atoms with E-state index in [2.05, 4.69) is 12.2 Å². The number of carbonyl (C=O) groups is 2. The Morgan fingerprint density at radius 1 is 1.10 bits per heavy atom. The first-order valence-electron chi connectivity index (χ1n) is 7.51. The summed E-state index contributed by atoms with van der Waals surface area (Å²) in [5.74, 6) is -0.232. The van der Waals surface area contributed by atoms with E-state index in [-0.39, 0.29) is 17.6 Å². The maximum atomic E-state index is 12.1. The molecule has 0 radical (unpaired) electrons. The van der Waals surface area contributed by atoms with Crippen molar-refractivity contribution < 1.29 is 9.59 Å². The molecule has 0 saturated heterocycles. The number of carbonyl (C=O) groups excluding carboxylic acids is 2. The van der Waals surface area contributed by atoms with Crippen LogP contribution in [0.4, 0.5) is 0 Å². The van der Waals surface area contributed by atoms with E-state index in [0.29, 0.717) is 6.42 Å². The van der Waals surface area contributed by atoms with Crippen LogP contribution in [0.3, 0.4) is 0 Å². The molecule has 0 bridgehead atoms. The van der Waals surface area contributed by atoms with Crippen molar-refractivity contribution in [2.75, 3.05) is 0 Å². The summed E-state index contributed by atoms with van der Waals surface area (Å²) in [5.41, 5.74) is 7.98. The molecular formula is C17H26N2O2. The summed E-state index contributed by atoms with van der Waals surface area (Å²) in [6, 6.07) is 6.88. The van der Waals surface area contributed by atoms with Gasteiger partial charge in [-0.25, -0.2) is 0 Å². The molecule has 2 atom stereocenters. The summed E-state index contributed by atoms with van der Waals surface area (Å²) in [6.07, 6.45) is 1.30. The Hall–Kier alpha value is -1.68. The maximum Gasteiger partial charge on any atom is 0.237 e. The number of nitrogens with two attached hydrogens (primary N) is 1. The van der Waals surface area contributed by atoms with Gasteiger partial charge < -0.3 is 11.1 Å². The van der Waals surface area contributed by atoms with E-state index in [4.69, 9.17) is 5.73 Å². The number of nitrogens with one attached hydrogen (secondary N) is 1. The van der Waals surface area contributed by atoms with Crippen LogP contribution in [0.1, 0.15) is 38.8 Å². The third-order valence-corrected chi connectivity index (χ3v) is 3.67. The minimum atomic E-state index is -0.580. The van der Waals surface area contributed by atoms with Crippen LogP contribution in [-0.2, 0) is 22.4 Å². The zero-order valence-corrected chi connectivity index (χ0v) is 13.3. The number of hydrogen-bond donors (Lipinski definition) is 2. The molecule has 1 aromatic carbocycles. The van der Waals surface area contributed by atoms with Gasteiger partial charge in [0.1, 0.15) is 0 Å². The van der Waals surface area contributed by atoms with Crippen molar-refractivity contribution in [1.82, 2.24) is 5.32 Å². The van der Waals surface area contributed by atoms with Gasteiger partial charge in [-0.1, -0.05) is 45.0 Å². The molecule has 116 valence electrons. The molecule has 0 aliphatic carbocycles.